The molecule has 0 saturated heterocycles. The Hall–Kier alpha value is -2.07. The fourth-order valence-corrected chi connectivity index (χ4v) is 2.26. The molecule has 19 heavy (non-hydrogen) atoms. The van der Waals surface area contributed by atoms with E-state index in [2.05, 4.69) is 21.1 Å². The average Bonchev–Trinajstić information content (AvgIpc) is 2.83. The summed E-state index contributed by atoms with van der Waals surface area (Å²) in [5, 5.41) is 4.07. The number of aromatic nitrogens is 1. The number of halogens is 1. The largest absolute Gasteiger partial charge is 0.367 e. The average molecular weight is 315 g/mol. The van der Waals surface area contributed by atoms with Gasteiger partial charge in [0, 0.05) is 10.0 Å². The van der Waals surface area contributed by atoms with E-state index in [1.807, 2.05) is 54.6 Å². The van der Waals surface area contributed by atoms with E-state index in [9.17, 15) is 0 Å². The van der Waals surface area contributed by atoms with Crippen LogP contribution in [0.25, 0.3) is 22.4 Å². The fraction of sp³-hybridized carbons (Fsp3) is 0. The first-order valence-electron chi connectivity index (χ1n) is 5.82. The van der Waals surface area contributed by atoms with E-state index in [1.54, 1.807) is 0 Å². The second kappa shape index (κ2) is 4.90. The molecule has 1 aromatic heterocycles. The number of rotatable bonds is 2. The number of nitrogen functional groups attached to an aromatic ring is 1. The van der Waals surface area contributed by atoms with Gasteiger partial charge in [0.1, 0.15) is 5.69 Å². The van der Waals surface area contributed by atoms with Crippen molar-refractivity contribution >= 4 is 21.8 Å². The van der Waals surface area contributed by atoms with Crippen molar-refractivity contribution in [1.82, 2.24) is 5.16 Å². The summed E-state index contributed by atoms with van der Waals surface area (Å²) in [5.74, 6) is 0.334. The lowest BCUT2D eigenvalue weighted by Crippen LogP contribution is -1.87. The van der Waals surface area contributed by atoms with Gasteiger partial charge in [-0.2, -0.15) is 0 Å². The molecule has 2 aromatic carbocycles. The maximum absolute atomic E-state index is 5.91. The lowest BCUT2D eigenvalue weighted by molar-refractivity contribution is 0.439. The van der Waals surface area contributed by atoms with Gasteiger partial charge in [-0.1, -0.05) is 63.6 Å². The predicted molar refractivity (Wildman–Crippen MR) is 79.5 cm³/mol. The molecule has 3 rings (SSSR count). The monoisotopic (exact) mass is 314 g/mol. The van der Waals surface area contributed by atoms with Gasteiger partial charge in [0.2, 0.25) is 5.88 Å². The standard InChI is InChI=1S/C15H11BrN2O/c16-12-8-6-10(7-9-12)13-14(18-19-15(13)17)11-4-2-1-3-5-11/h1-9H,17H2. The second-order valence-electron chi connectivity index (χ2n) is 4.14. The Morgan fingerprint density at radius 3 is 2.26 bits per heavy atom. The van der Waals surface area contributed by atoms with Crippen LogP contribution in [0.2, 0.25) is 0 Å². The molecule has 0 aliphatic rings. The molecule has 0 unspecified atom stereocenters. The van der Waals surface area contributed by atoms with Gasteiger partial charge in [-0.25, -0.2) is 0 Å². The van der Waals surface area contributed by atoms with Crippen molar-refractivity contribution in [3.8, 4) is 22.4 Å². The molecule has 0 spiro atoms. The predicted octanol–water partition coefficient (Wildman–Crippen LogP) is 4.35. The zero-order chi connectivity index (χ0) is 13.2. The molecule has 0 bridgehead atoms. The number of hydrogen-bond donors (Lipinski definition) is 1. The summed E-state index contributed by atoms with van der Waals surface area (Å²) in [7, 11) is 0. The molecule has 0 aliphatic heterocycles. The lowest BCUT2D eigenvalue weighted by Gasteiger charge is -2.03. The Morgan fingerprint density at radius 2 is 1.58 bits per heavy atom. The molecular weight excluding hydrogens is 304 g/mol. The van der Waals surface area contributed by atoms with Crippen molar-refractivity contribution in [1.29, 1.82) is 0 Å². The van der Waals surface area contributed by atoms with Gasteiger partial charge in [0.25, 0.3) is 0 Å². The van der Waals surface area contributed by atoms with Crippen LogP contribution in [0, 0.1) is 0 Å². The molecule has 94 valence electrons. The molecule has 3 nitrogen and oxygen atoms in total. The fourth-order valence-electron chi connectivity index (χ4n) is 1.99. The number of nitrogens with zero attached hydrogens (tertiary/aromatic N) is 1. The van der Waals surface area contributed by atoms with E-state index in [-0.39, 0.29) is 0 Å². The Kier molecular flexibility index (Phi) is 3.09. The molecule has 1 heterocycles. The SMILES string of the molecule is Nc1onc(-c2ccccc2)c1-c1ccc(Br)cc1. The minimum absolute atomic E-state index is 0.334. The summed E-state index contributed by atoms with van der Waals surface area (Å²) in [6, 6.07) is 17.8. The minimum atomic E-state index is 0.334. The Balaban J connectivity index is 2.17. The number of hydrogen-bond acceptors (Lipinski definition) is 3. The lowest BCUT2D eigenvalue weighted by atomic mass is 10.0. The van der Waals surface area contributed by atoms with Crippen LogP contribution in [0.5, 0.6) is 0 Å². The molecule has 3 aromatic rings. The first-order valence-corrected chi connectivity index (χ1v) is 6.61. The van der Waals surface area contributed by atoms with E-state index >= 15 is 0 Å². The summed E-state index contributed by atoms with van der Waals surface area (Å²) >= 11 is 3.42. The smallest absolute Gasteiger partial charge is 0.230 e. The molecule has 4 heteroatoms. The van der Waals surface area contributed by atoms with Gasteiger partial charge >= 0.3 is 0 Å². The van der Waals surface area contributed by atoms with Crippen molar-refractivity contribution in [2.24, 2.45) is 0 Å². The van der Waals surface area contributed by atoms with Gasteiger partial charge in [0.15, 0.2) is 0 Å². The molecule has 2 N–H and O–H groups in total. The highest BCUT2D eigenvalue weighted by Gasteiger charge is 2.16. The molecule has 0 aliphatic carbocycles. The maximum atomic E-state index is 5.91. The van der Waals surface area contributed by atoms with E-state index < -0.39 is 0 Å². The quantitative estimate of drug-likeness (QED) is 0.765. The van der Waals surface area contributed by atoms with Crippen molar-refractivity contribution in [2.75, 3.05) is 5.73 Å². The van der Waals surface area contributed by atoms with Gasteiger partial charge in [-0.15, -0.1) is 0 Å². The van der Waals surface area contributed by atoms with Crippen LogP contribution in [0.1, 0.15) is 0 Å². The summed E-state index contributed by atoms with van der Waals surface area (Å²) in [6.45, 7) is 0. The van der Waals surface area contributed by atoms with Crippen LogP contribution in [0.4, 0.5) is 5.88 Å². The van der Waals surface area contributed by atoms with E-state index in [0.29, 0.717) is 5.88 Å². The van der Waals surface area contributed by atoms with Gasteiger partial charge < -0.3 is 10.3 Å². The molecule has 0 saturated carbocycles. The Morgan fingerprint density at radius 1 is 0.895 bits per heavy atom. The van der Waals surface area contributed by atoms with Crippen molar-refractivity contribution in [3.05, 3.63) is 59.1 Å². The summed E-state index contributed by atoms with van der Waals surface area (Å²) < 4.78 is 6.17. The van der Waals surface area contributed by atoms with Crippen LogP contribution in [0.3, 0.4) is 0 Å². The third-order valence-electron chi connectivity index (χ3n) is 2.90. The normalized spacial score (nSPS) is 10.6. The number of anilines is 1. The molecule has 0 fully saturated rings. The van der Waals surface area contributed by atoms with E-state index in [1.165, 1.54) is 0 Å². The molecule has 0 amide bonds. The van der Waals surface area contributed by atoms with Gasteiger partial charge in [0.05, 0.1) is 5.56 Å². The van der Waals surface area contributed by atoms with Crippen LogP contribution >= 0.6 is 15.9 Å². The van der Waals surface area contributed by atoms with Crippen LogP contribution in [-0.4, -0.2) is 5.16 Å². The third-order valence-corrected chi connectivity index (χ3v) is 3.43. The highest BCUT2D eigenvalue weighted by molar-refractivity contribution is 9.10. The second-order valence-corrected chi connectivity index (χ2v) is 5.06. The van der Waals surface area contributed by atoms with E-state index in [0.717, 1.165) is 26.9 Å². The molecular formula is C15H11BrN2O. The zero-order valence-electron chi connectivity index (χ0n) is 10.0. The minimum Gasteiger partial charge on any atom is -0.367 e. The summed E-state index contributed by atoms with van der Waals surface area (Å²) in [6.07, 6.45) is 0. The van der Waals surface area contributed by atoms with Crippen LogP contribution in [0.15, 0.2) is 63.6 Å². The Labute approximate surface area is 119 Å². The highest BCUT2D eigenvalue weighted by Crippen LogP contribution is 2.36. The van der Waals surface area contributed by atoms with E-state index in [4.69, 9.17) is 10.3 Å². The topological polar surface area (TPSA) is 52.0 Å². The van der Waals surface area contributed by atoms with Gasteiger partial charge in [-0.3, -0.25) is 0 Å². The number of benzene rings is 2. The third kappa shape index (κ3) is 2.27. The maximum Gasteiger partial charge on any atom is 0.230 e. The first-order chi connectivity index (χ1) is 9.25. The summed E-state index contributed by atoms with van der Waals surface area (Å²) in [4.78, 5) is 0. The summed E-state index contributed by atoms with van der Waals surface area (Å²) in [5.41, 5.74) is 9.48. The molecule has 0 atom stereocenters. The van der Waals surface area contributed by atoms with Crippen molar-refractivity contribution < 1.29 is 4.52 Å². The highest BCUT2D eigenvalue weighted by atomic mass is 79.9. The number of nitrogens with two attached hydrogens (primary N) is 1. The van der Waals surface area contributed by atoms with Crippen LogP contribution < -0.4 is 5.73 Å². The first kappa shape index (κ1) is 12.0. The Bertz CT molecular complexity index is 690. The molecule has 0 radical (unpaired) electrons. The van der Waals surface area contributed by atoms with Crippen molar-refractivity contribution in [3.63, 3.8) is 0 Å². The van der Waals surface area contributed by atoms with Crippen LogP contribution in [-0.2, 0) is 0 Å². The van der Waals surface area contributed by atoms with Crippen molar-refractivity contribution in [2.45, 2.75) is 0 Å². The van der Waals surface area contributed by atoms with Gasteiger partial charge in [-0.05, 0) is 17.7 Å². The zero-order valence-corrected chi connectivity index (χ0v) is 11.6.